The van der Waals surface area contributed by atoms with Gasteiger partial charge in [-0.05, 0) is 62.4 Å². The molecule has 1 aromatic carbocycles. The second-order valence-corrected chi connectivity index (χ2v) is 10.5. The van der Waals surface area contributed by atoms with Crippen molar-refractivity contribution in [3.8, 4) is 11.6 Å². The van der Waals surface area contributed by atoms with Crippen molar-refractivity contribution in [2.45, 2.75) is 32.6 Å². The van der Waals surface area contributed by atoms with E-state index in [4.69, 9.17) is 31.3 Å². The number of anilines is 2. The predicted octanol–water partition coefficient (Wildman–Crippen LogP) is 5.18. The summed E-state index contributed by atoms with van der Waals surface area (Å²) in [4.78, 5) is 18.8. The topological polar surface area (TPSA) is 65.9 Å². The van der Waals surface area contributed by atoms with Gasteiger partial charge in [-0.1, -0.05) is 35.7 Å². The molecule has 2 aliphatic heterocycles. The molecular formula is C27H31ClN6O. The SMILES string of the molecule is CC1=Cc2c(ccc(Oc3cc(NC4=NCC(C5CCC5)=C4)nc(N4CCN(C)CC4)n3)c2Cl)C1. The van der Waals surface area contributed by atoms with E-state index in [1.54, 1.807) is 0 Å². The van der Waals surface area contributed by atoms with Gasteiger partial charge in [0, 0.05) is 37.8 Å². The van der Waals surface area contributed by atoms with Crippen molar-refractivity contribution >= 4 is 35.3 Å². The van der Waals surface area contributed by atoms with E-state index in [0.717, 1.165) is 50.5 Å². The molecule has 0 spiro atoms. The van der Waals surface area contributed by atoms with Gasteiger partial charge >= 0.3 is 0 Å². The predicted molar refractivity (Wildman–Crippen MR) is 142 cm³/mol. The fourth-order valence-electron chi connectivity index (χ4n) is 5.07. The Kier molecular flexibility index (Phi) is 5.98. The van der Waals surface area contributed by atoms with Crippen LogP contribution in [0.5, 0.6) is 11.6 Å². The van der Waals surface area contributed by atoms with Gasteiger partial charge in [-0.25, -0.2) is 0 Å². The van der Waals surface area contributed by atoms with Crippen LogP contribution in [0.4, 0.5) is 11.8 Å². The zero-order valence-corrected chi connectivity index (χ0v) is 21.1. The maximum absolute atomic E-state index is 6.74. The van der Waals surface area contributed by atoms with E-state index in [1.807, 2.05) is 12.1 Å². The molecule has 2 aromatic rings. The standard InChI is InChI=1S/C27H31ClN6O/c1-17-12-19-6-7-22(26(28)21(19)13-17)35-25-15-24(30-23-14-20(16-29-23)18-4-3-5-18)31-27(32-25)34-10-8-33(2)9-11-34/h6-7,13-15,18H,3-5,8-12,16H2,1-2H3,(H,29,30,31,32). The Hall–Kier alpha value is -2.90. The van der Waals surface area contributed by atoms with Gasteiger partial charge in [0.05, 0.1) is 11.6 Å². The maximum Gasteiger partial charge on any atom is 0.230 e. The minimum atomic E-state index is 0.471. The van der Waals surface area contributed by atoms with E-state index in [2.05, 4.69) is 47.3 Å². The average Bonchev–Trinajstić information content (AvgIpc) is 3.41. The number of nitrogens with one attached hydrogen (secondary N) is 1. The van der Waals surface area contributed by atoms with E-state index in [-0.39, 0.29) is 0 Å². The van der Waals surface area contributed by atoms with Crippen LogP contribution in [0.3, 0.4) is 0 Å². The molecule has 3 heterocycles. The Balaban J connectivity index is 1.29. The molecule has 4 aliphatic rings. The molecule has 1 saturated heterocycles. The molecule has 35 heavy (non-hydrogen) atoms. The van der Waals surface area contributed by atoms with Gasteiger partial charge in [0.1, 0.15) is 17.4 Å². The first kappa shape index (κ1) is 22.6. The van der Waals surface area contributed by atoms with Crippen LogP contribution in [0.25, 0.3) is 6.08 Å². The van der Waals surface area contributed by atoms with Gasteiger partial charge < -0.3 is 19.9 Å². The Morgan fingerprint density at radius 1 is 1.09 bits per heavy atom. The zero-order chi connectivity index (χ0) is 23.9. The van der Waals surface area contributed by atoms with Crippen molar-refractivity contribution in [2.24, 2.45) is 10.9 Å². The summed E-state index contributed by atoms with van der Waals surface area (Å²) >= 11 is 6.74. The van der Waals surface area contributed by atoms with E-state index in [9.17, 15) is 0 Å². The highest BCUT2D eigenvalue weighted by atomic mass is 35.5. The van der Waals surface area contributed by atoms with Crippen LogP contribution in [0.2, 0.25) is 5.02 Å². The summed E-state index contributed by atoms with van der Waals surface area (Å²) in [5.74, 6) is 3.98. The number of aromatic nitrogens is 2. The van der Waals surface area contributed by atoms with Gasteiger partial charge in [-0.15, -0.1) is 0 Å². The van der Waals surface area contributed by atoms with Crippen LogP contribution in [-0.2, 0) is 6.42 Å². The highest BCUT2D eigenvalue weighted by Gasteiger charge is 2.25. The van der Waals surface area contributed by atoms with E-state index < -0.39 is 0 Å². The molecule has 182 valence electrons. The first-order chi connectivity index (χ1) is 17.0. The first-order valence-corrected chi connectivity index (χ1v) is 12.9. The molecule has 1 aromatic heterocycles. The lowest BCUT2D eigenvalue weighted by atomic mass is 9.80. The number of halogens is 1. The molecule has 1 N–H and O–H groups in total. The second kappa shape index (κ2) is 9.28. The molecular weight excluding hydrogens is 460 g/mol. The second-order valence-electron chi connectivity index (χ2n) is 10.1. The number of ether oxygens (including phenoxy) is 1. The Morgan fingerprint density at radius 2 is 1.91 bits per heavy atom. The van der Waals surface area contributed by atoms with Crippen molar-refractivity contribution in [3.05, 3.63) is 51.6 Å². The Labute approximate surface area is 211 Å². The van der Waals surface area contributed by atoms with Gasteiger partial charge in [-0.2, -0.15) is 9.97 Å². The lowest BCUT2D eigenvalue weighted by Crippen LogP contribution is -2.45. The highest BCUT2D eigenvalue weighted by Crippen LogP contribution is 2.39. The number of piperazine rings is 1. The summed E-state index contributed by atoms with van der Waals surface area (Å²) < 4.78 is 6.27. The maximum atomic E-state index is 6.74. The van der Waals surface area contributed by atoms with Crippen molar-refractivity contribution in [3.63, 3.8) is 0 Å². The number of rotatable bonds is 5. The molecule has 0 radical (unpaired) electrons. The Bertz CT molecular complexity index is 1240. The molecule has 7 nitrogen and oxygen atoms in total. The molecule has 0 unspecified atom stereocenters. The molecule has 6 rings (SSSR count). The summed E-state index contributed by atoms with van der Waals surface area (Å²) in [6, 6.07) is 5.86. The molecule has 2 aliphatic carbocycles. The van der Waals surface area contributed by atoms with Gasteiger partial charge in [-0.3, -0.25) is 4.99 Å². The van der Waals surface area contributed by atoms with E-state index in [0.29, 0.717) is 34.3 Å². The number of amidine groups is 1. The van der Waals surface area contributed by atoms with Crippen LogP contribution in [0.15, 0.2) is 40.4 Å². The third kappa shape index (κ3) is 4.67. The summed E-state index contributed by atoms with van der Waals surface area (Å²) in [6.07, 6.45) is 9.15. The van der Waals surface area contributed by atoms with Crippen molar-refractivity contribution in [1.29, 1.82) is 0 Å². The number of allylic oxidation sites excluding steroid dienone is 1. The Morgan fingerprint density at radius 3 is 2.69 bits per heavy atom. The van der Waals surface area contributed by atoms with E-state index in [1.165, 1.54) is 36.0 Å². The number of aliphatic imine (C=N–C) groups is 1. The minimum absolute atomic E-state index is 0.471. The fraction of sp³-hybridized carbons (Fsp3) is 0.444. The van der Waals surface area contributed by atoms with Crippen LogP contribution >= 0.6 is 11.6 Å². The number of benzene rings is 1. The number of hydrogen-bond acceptors (Lipinski definition) is 7. The van der Waals surface area contributed by atoms with Crippen molar-refractivity contribution in [1.82, 2.24) is 14.9 Å². The number of nitrogens with zero attached hydrogens (tertiary/aromatic N) is 5. The van der Waals surface area contributed by atoms with Gasteiger partial charge in [0.25, 0.3) is 0 Å². The van der Waals surface area contributed by atoms with Crippen LogP contribution in [-0.4, -0.2) is 60.5 Å². The monoisotopic (exact) mass is 490 g/mol. The minimum Gasteiger partial charge on any atom is -0.437 e. The number of likely N-dealkylation sites (N-methyl/N-ethyl adjacent to an activating group) is 1. The number of hydrogen-bond donors (Lipinski definition) is 1. The van der Waals surface area contributed by atoms with Crippen molar-refractivity contribution in [2.75, 3.05) is 50.0 Å². The molecule has 0 amide bonds. The quantitative estimate of drug-likeness (QED) is 0.622. The summed E-state index contributed by atoms with van der Waals surface area (Å²) in [5.41, 5.74) is 5.01. The highest BCUT2D eigenvalue weighted by molar-refractivity contribution is 6.33. The smallest absolute Gasteiger partial charge is 0.230 e. The van der Waals surface area contributed by atoms with Gasteiger partial charge in [0.2, 0.25) is 11.8 Å². The lowest BCUT2D eigenvalue weighted by Gasteiger charge is -2.32. The third-order valence-corrected chi connectivity index (χ3v) is 7.82. The van der Waals surface area contributed by atoms with E-state index >= 15 is 0 Å². The molecule has 0 bridgehead atoms. The summed E-state index contributed by atoms with van der Waals surface area (Å²) in [6.45, 7) is 6.59. The van der Waals surface area contributed by atoms with Gasteiger partial charge in [0.15, 0.2) is 0 Å². The fourth-order valence-corrected chi connectivity index (χ4v) is 5.34. The molecule has 0 atom stereocenters. The average molecular weight is 491 g/mol. The summed E-state index contributed by atoms with van der Waals surface area (Å²) in [7, 11) is 2.14. The molecule has 1 saturated carbocycles. The van der Waals surface area contributed by atoms with Crippen LogP contribution < -0.4 is 15.0 Å². The first-order valence-electron chi connectivity index (χ1n) is 12.5. The molecule has 8 heteroatoms. The molecule has 2 fully saturated rings. The largest absolute Gasteiger partial charge is 0.437 e. The van der Waals surface area contributed by atoms with Crippen molar-refractivity contribution < 1.29 is 4.74 Å². The normalized spacial score (nSPS) is 20.2. The third-order valence-electron chi connectivity index (χ3n) is 7.43. The zero-order valence-electron chi connectivity index (χ0n) is 20.4. The lowest BCUT2D eigenvalue weighted by molar-refractivity contribution is 0.310. The summed E-state index contributed by atoms with van der Waals surface area (Å²) in [5, 5.41) is 4.04. The van der Waals surface area contributed by atoms with Crippen LogP contribution in [0.1, 0.15) is 37.3 Å². The number of fused-ring (bicyclic) bond motifs is 1. The van der Waals surface area contributed by atoms with Crippen LogP contribution in [0, 0.1) is 5.92 Å².